The molecular weight excluding hydrogens is 398 g/mol. The van der Waals surface area contributed by atoms with Crippen molar-refractivity contribution in [2.45, 2.75) is 44.4 Å². The molecule has 0 atom stereocenters. The highest BCUT2D eigenvalue weighted by molar-refractivity contribution is 7.91. The minimum Gasteiger partial charge on any atom is -0.361 e. The minimum atomic E-state index is -3.44. The van der Waals surface area contributed by atoms with E-state index in [1.54, 1.807) is 24.6 Å². The molecule has 0 aliphatic carbocycles. The van der Waals surface area contributed by atoms with E-state index in [2.05, 4.69) is 20.8 Å². The van der Waals surface area contributed by atoms with Gasteiger partial charge in [-0.15, -0.1) is 11.3 Å². The Kier molecular flexibility index (Phi) is 8.46. The van der Waals surface area contributed by atoms with E-state index in [0.717, 1.165) is 29.9 Å². The van der Waals surface area contributed by atoms with Gasteiger partial charge in [0.2, 0.25) is 0 Å². The Morgan fingerprint density at radius 3 is 2.68 bits per heavy atom. The van der Waals surface area contributed by atoms with Crippen LogP contribution in [0.4, 0.5) is 0 Å². The third-order valence-corrected chi connectivity index (χ3v) is 7.46. The Morgan fingerprint density at radius 2 is 2.07 bits per heavy atom. The third kappa shape index (κ3) is 5.55. The molecule has 2 rings (SSSR count). The molecule has 28 heavy (non-hydrogen) atoms. The summed E-state index contributed by atoms with van der Waals surface area (Å²) in [5.41, 5.74) is 1.96. The molecule has 0 unspecified atom stereocenters. The Balaban J connectivity index is 1.97. The van der Waals surface area contributed by atoms with Gasteiger partial charge in [-0.2, -0.15) is 4.31 Å². The first-order chi connectivity index (χ1) is 13.4. The molecule has 0 radical (unpaired) electrons. The smallest absolute Gasteiger partial charge is 0.252 e. The normalized spacial score (nSPS) is 12.5. The lowest BCUT2D eigenvalue weighted by Crippen LogP contribution is -2.42. The van der Waals surface area contributed by atoms with Crippen molar-refractivity contribution < 1.29 is 12.9 Å². The summed E-state index contributed by atoms with van der Waals surface area (Å²) in [7, 11) is -1.86. The maximum Gasteiger partial charge on any atom is 0.252 e. The first-order valence-corrected chi connectivity index (χ1v) is 11.7. The molecule has 2 aromatic heterocycles. The summed E-state index contributed by atoms with van der Waals surface area (Å²) in [4.78, 5) is 4.61. The molecule has 10 heteroatoms. The van der Waals surface area contributed by atoms with Crippen molar-refractivity contribution in [2.24, 2.45) is 4.99 Å². The number of guanidine groups is 1. The number of aryl methyl sites for hydroxylation is 2. The second-order valence-corrected chi connectivity index (χ2v) is 9.34. The molecule has 8 nitrogen and oxygen atoms in total. The number of thiophene rings is 1. The number of sulfonamides is 1. The van der Waals surface area contributed by atoms with E-state index < -0.39 is 10.0 Å². The van der Waals surface area contributed by atoms with Crippen molar-refractivity contribution >= 4 is 27.3 Å². The molecule has 0 fully saturated rings. The summed E-state index contributed by atoms with van der Waals surface area (Å²) < 4.78 is 32.0. The number of rotatable bonds is 10. The van der Waals surface area contributed by atoms with Gasteiger partial charge in [0.1, 0.15) is 9.97 Å². The fourth-order valence-electron chi connectivity index (χ4n) is 2.63. The van der Waals surface area contributed by atoms with Crippen LogP contribution in [0.15, 0.2) is 31.2 Å². The molecular formula is C18H29N5O3S2. The highest BCUT2D eigenvalue weighted by atomic mass is 32.2. The minimum absolute atomic E-state index is 0.332. The van der Waals surface area contributed by atoms with E-state index in [9.17, 15) is 8.42 Å². The van der Waals surface area contributed by atoms with Crippen LogP contribution in [-0.2, 0) is 29.4 Å². The molecule has 0 aliphatic heterocycles. The van der Waals surface area contributed by atoms with Crippen LogP contribution in [0.5, 0.6) is 0 Å². The molecule has 0 aromatic carbocycles. The third-order valence-electron chi connectivity index (χ3n) is 4.23. The summed E-state index contributed by atoms with van der Waals surface area (Å²) >= 11 is 1.22. The lowest BCUT2D eigenvalue weighted by Gasteiger charge is -2.17. The summed E-state index contributed by atoms with van der Waals surface area (Å²) in [5, 5.41) is 12.2. The second kappa shape index (κ2) is 10.6. The van der Waals surface area contributed by atoms with Gasteiger partial charge < -0.3 is 15.2 Å². The molecule has 156 valence electrons. The van der Waals surface area contributed by atoms with Crippen molar-refractivity contribution in [3.05, 3.63) is 34.5 Å². The molecule has 2 heterocycles. The van der Waals surface area contributed by atoms with E-state index in [4.69, 9.17) is 4.52 Å². The van der Waals surface area contributed by atoms with Crippen molar-refractivity contribution in [1.82, 2.24) is 20.1 Å². The molecule has 2 N–H and O–H groups in total. The highest BCUT2D eigenvalue weighted by Gasteiger charge is 2.21. The second-order valence-electron chi connectivity index (χ2n) is 6.12. The SMILES string of the molecule is CCNC(=NCc1c(CC)noc1CC)NCCN(C)S(=O)(=O)c1cccs1. The number of hydrogen-bond donors (Lipinski definition) is 2. The van der Waals surface area contributed by atoms with Gasteiger partial charge in [0.25, 0.3) is 10.0 Å². The number of nitrogens with zero attached hydrogens (tertiary/aromatic N) is 3. The van der Waals surface area contributed by atoms with Crippen LogP contribution in [0.3, 0.4) is 0 Å². The van der Waals surface area contributed by atoms with Crippen LogP contribution in [0.2, 0.25) is 0 Å². The van der Waals surface area contributed by atoms with Gasteiger partial charge in [0, 0.05) is 38.7 Å². The zero-order valence-corrected chi connectivity index (χ0v) is 18.5. The number of hydrogen-bond acceptors (Lipinski definition) is 6. The summed E-state index contributed by atoms with van der Waals surface area (Å²) in [6.45, 7) is 8.00. The van der Waals surface area contributed by atoms with Gasteiger partial charge in [0.05, 0.1) is 12.2 Å². The predicted octanol–water partition coefficient (Wildman–Crippen LogP) is 2.24. The monoisotopic (exact) mass is 427 g/mol. The van der Waals surface area contributed by atoms with E-state index in [-0.39, 0.29) is 0 Å². The number of aliphatic imine (C=N–C) groups is 1. The highest BCUT2D eigenvalue weighted by Crippen LogP contribution is 2.19. The average Bonchev–Trinajstić information content (AvgIpc) is 3.35. The molecule has 2 aromatic rings. The number of likely N-dealkylation sites (N-methyl/N-ethyl adjacent to an activating group) is 1. The van der Waals surface area contributed by atoms with Crippen LogP contribution in [-0.4, -0.2) is 50.5 Å². The van der Waals surface area contributed by atoms with E-state index in [1.807, 2.05) is 20.8 Å². The topological polar surface area (TPSA) is 99.8 Å². The van der Waals surface area contributed by atoms with Gasteiger partial charge in [-0.3, -0.25) is 0 Å². The summed E-state index contributed by atoms with van der Waals surface area (Å²) in [6.07, 6.45) is 1.57. The lowest BCUT2D eigenvalue weighted by atomic mass is 10.1. The van der Waals surface area contributed by atoms with Crippen LogP contribution in [0.25, 0.3) is 0 Å². The quantitative estimate of drug-likeness (QED) is 0.446. The summed E-state index contributed by atoms with van der Waals surface area (Å²) in [5.74, 6) is 1.49. The van der Waals surface area contributed by atoms with Gasteiger partial charge >= 0.3 is 0 Å². The standard InChI is InChI=1S/C18H29N5O3S2/c1-5-15-14(16(6-2)26-22-15)13-21-18(19-7-3)20-10-11-23(4)28(24,25)17-9-8-12-27-17/h8-9,12H,5-7,10-11,13H2,1-4H3,(H2,19,20,21). The van der Waals surface area contributed by atoms with Crippen molar-refractivity contribution in [3.8, 4) is 0 Å². The zero-order valence-electron chi connectivity index (χ0n) is 16.9. The summed E-state index contributed by atoms with van der Waals surface area (Å²) in [6, 6.07) is 3.35. The van der Waals surface area contributed by atoms with Crippen molar-refractivity contribution in [1.29, 1.82) is 0 Å². The van der Waals surface area contributed by atoms with Crippen LogP contribution >= 0.6 is 11.3 Å². The Labute approximate surface area is 171 Å². The Morgan fingerprint density at radius 1 is 1.29 bits per heavy atom. The fraction of sp³-hybridized carbons (Fsp3) is 0.556. The zero-order chi connectivity index (χ0) is 20.6. The molecule has 0 amide bonds. The first kappa shape index (κ1) is 22.4. The molecule has 0 aliphatic rings. The largest absolute Gasteiger partial charge is 0.361 e. The van der Waals surface area contributed by atoms with E-state index >= 15 is 0 Å². The Hall–Kier alpha value is -1.91. The number of aromatic nitrogens is 1. The fourth-order valence-corrected chi connectivity index (χ4v) is 5.00. The van der Waals surface area contributed by atoms with Crippen LogP contribution < -0.4 is 10.6 Å². The first-order valence-electron chi connectivity index (χ1n) is 9.42. The van der Waals surface area contributed by atoms with E-state index in [1.165, 1.54) is 15.6 Å². The van der Waals surface area contributed by atoms with Crippen molar-refractivity contribution in [2.75, 3.05) is 26.7 Å². The molecule has 0 saturated heterocycles. The molecule has 0 spiro atoms. The Bertz CT molecular complexity index is 838. The molecule has 0 saturated carbocycles. The van der Waals surface area contributed by atoms with Crippen molar-refractivity contribution in [3.63, 3.8) is 0 Å². The van der Waals surface area contributed by atoms with Crippen LogP contribution in [0.1, 0.15) is 37.8 Å². The van der Waals surface area contributed by atoms with E-state index in [0.29, 0.717) is 36.3 Å². The van der Waals surface area contributed by atoms with Gasteiger partial charge in [0.15, 0.2) is 5.96 Å². The van der Waals surface area contributed by atoms with Crippen LogP contribution in [0, 0.1) is 0 Å². The molecule has 0 bridgehead atoms. The lowest BCUT2D eigenvalue weighted by molar-refractivity contribution is 0.380. The van der Waals surface area contributed by atoms with Gasteiger partial charge in [-0.1, -0.05) is 25.1 Å². The predicted molar refractivity (Wildman–Crippen MR) is 112 cm³/mol. The maximum atomic E-state index is 12.5. The number of nitrogens with one attached hydrogen (secondary N) is 2. The maximum absolute atomic E-state index is 12.5. The van der Waals surface area contributed by atoms with Gasteiger partial charge in [-0.25, -0.2) is 13.4 Å². The average molecular weight is 428 g/mol. The van der Waals surface area contributed by atoms with Gasteiger partial charge in [-0.05, 0) is 24.8 Å².